The van der Waals surface area contributed by atoms with E-state index in [1.807, 2.05) is 0 Å². The maximum Gasteiger partial charge on any atom is 0.231 e. The molecule has 19 heavy (non-hydrogen) atoms. The molecule has 0 aromatic carbocycles. The van der Waals surface area contributed by atoms with Crippen LogP contribution >= 0.6 is 0 Å². The lowest BCUT2D eigenvalue weighted by Gasteiger charge is -2.16. The second-order valence-electron chi connectivity index (χ2n) is 5.01. The summed E-state index contributed by atoms with van der Waals surface area (Å²) in [5.41, 5.74) is 5.72. The van der Waals surface area contributed by atoms with Crippen molar-refractivity contribution in [1.29, 1.82) is 0 Å². The average molecular weight is 266 g/mol. The maximum atomic E-state index is 8.87. The van der Waals surface area contributed by atoms with Gasteiger partial charge in [-0.15, -0.1) is 0 Å². The minimum absolute atomic E-state index is 0.196. The summed E-state index contributed by atoms with van der Waals surface area (Å²) >= 11 is 0. The first kappa shape index (κ1) is 13.8. The monoisotopic (exact) mass is 266 g/mol. The van der Waals surface area contributed by atoms with E-state index in [1.54, 1.807) is 0 Å². The number of hydrogen-bond acceptors (Lipinski definition) is 7. The first-order valence-electron chi connectivity index (χ1n) is 6.80. The topological polar surface area (TPSA) is 100 Å². The molecule has 1 fully saturated rings. The van der Waals surface area contributed by atoms with Crippen molar-refractivity contribution in [3.63, 3.8) is 0 Å². The van der Waals surface area contributed by atoms with E-state index in [-0.39, 0.29) is 12.6 Å². The molecule has 0 amide bonds. The molecule has 1 unspecified atom stereocenters. The van der Waals surface area contributed by atoms with Gasteiger partial charge in [0.05, 0.1) is 0 Å². The van der Waals surface area contributed by atoms with Gasteiger partial charge >= 0.3 is 0 Å². The molecule has 7 heteroatoms. The quantitative estimate of drug-likeness (QED) is 0.688. The maximum absolute atomic E-state index is 8.87. The van der Waals surface area contributed by atoms with Crippen molar-refractivity contribution in [3.05, 3.63) is 0 Å². The molecule has 1 aromatic heterocycles. The van der Waals surface area contributed by atoms with Crippen LogP contribution in [0, 0.1) is 5.92 Å². The summed E-state index contributed by atoms with van der Waals surface area (Å²) in [7, 11) is 0. The number of aromatic nitrogens is 3. The van der Waals surface area contributed by atoms with Crippen molar-refractivity contribution in [2.45, 2.75) is 26.2 Å². The first-order chi connectivity index (χ1) is 9.19. The van der Waals surface area contributed by atoms with Crippen LogP contribution in [0.4, 0.5) is 17.8 Å². The van der Waals surface area contributed by atoms with E-state index in [2.05, 4.69) is 32.1 Å². The van der Waals surface area contributed by atoms with Crippen LogP contribution < -0.4 is 16.0 Å². The van der Waals surface area contributed by atoms with Crippen LogP contribution in [0.3, 0.4) is 0 Å². The highest BCUT2D eigenvalue weighted by atomic mass is 16.3. The van der Waals surface area contributed by atoms with Crippen LogP contribution in [0.15, 0.2) is 0 Å². The Bertz CT molecular complexity index is 407. The Morgan fingerprint density at radius 2 is 2.05 bits per heavy atom. The van der Waals surface area contributed by atoms with Crippen molar-refractivity contribution in [2.24, 2.45) is 5.92 Å². The standard InChI is InChI=1S/C12H22N6O/c1-9(4-7-19)8-14-11-15-10(13)16-12(17-11)18-5-2-3-6-18/h9,19H,2-8H2,1H3,(H3,13,14,15,16,17). The van der Waals surface area contributed by atoms with Gasteiger partial charge in [-0.1, -0.05) is 6.92 Å². The lowest BCUT2D eigenvalue weighted by Crippen LogP contribution is -2.23. The summed E-state index contributed by atoms with van der Waals surface area (Å²) in [5, 5.41) is 12.0. The van der Waals surface area contributed by atoms with E-state index >= 15 is 0 Å². The Morgan fingerprint density at radius 1 is 1.32 bits per heavy atom. The number of hydrogen-bond donors (Lipinski definition) is 3. The van der Waals surface area contributed by atoms with Gasteiger partial charge in [-0.3, -0.25) is 0 Å². The zero-order valence-corrected chi connectivity index (χ0v) is 11.3. The normalized spacial score (nSPS) is 16.6. The SMILES string of the molecule is CC(CCO)CNc1nc(N)nc(N2CCCC2)n1. The molecule has 0 spiro atoms. The molecule has 2 heterocycles. The smallest absolute Gasteiger partial charge is 0.231 e. The summed E-state index contributed by atoms with van der Waals surface area (Å²) in [6, 6.07) is 0. The fourth-order valence-electron chi connectivity index (χ4n) is 2.11. The first-order valence-corrected chi connectivity index (χ1v) is 6.80. The van der Waals surface area contributed by atoms with Crippen molar-refractivity contribution in [3.8, 4) is 0 Å². The molecule has 1 aliphatic heterocycles. The average Bonchev–Trinajstić information content (AvgIpc) is 2.90. The molecule has 0 radical (unpaired) electrons. The van der Waals surface area contributed by atoms with Gasteiger partial charge in [0.1, 0.15) is 0 Å². The van der Waals surface area contributed by atoms with E-state index in [0.29, 0.717) is 24.4 Å². The van der Waals surface area contributed by atoms with Crippen LogP contribution in [-0.4, -0.2) is 46.3 Å². The third-order valence-electron chi connectivity index (χ3n) is 3.26. The Hall–Kier alpha value is -1.63. The van der Waals surface area contributed by atoms with Gasteiger partial charge < -0.3 is 21.1 Å². The molecule has 2 rings (SSSR count). The zero-order chi connectivity index (χ0) is 13.7. The number of nitrogens with two attached hydrogens (primary N) is 1. The van der Waals surface area contributed by atoms with Gasteiger partial charge in [0, 0.05) is 26.2 Å². The van der Waals surface area contributed by atoms with E-state index in [0.717, 1.165) is 19.5 Å². The van der Waals surface area contributed by atoms with E-state index in [1.165, 1.54) is 12.8 Å². The molecule has 1 atom stereocenters. The van der Waals surface area contributed by atoms with E-state index in [4.69, 9.17) is 10.8 Å². The van der Waals surface area contributed by atoms with Gasteiger partial charge in [-0.25, -0.2) is 0 Å². The molecule has 0 saturated carbocycles. The summed E-state index contributed by atoms with van der Waals surface area (Å²) < 4.78 is 0. The molecule has 0 bridgehead atoms. The molecule has 7 nitrogen and oxygen atoms in total. The van der Waals surface area contributed by atoms with Gasteiger partial charge in [0.15, 0.2) is 0 Å². The van der Waals surface area contributed by atoms with Crippen LogP contribution in [0.1, 0.15) is 26.2 Å². The Balaban J connectivity index is 2.00. The molecule has 1 saturated heterocycles. The van der Waals surface area contributed by atoms with Gasteiger partial charge in [-0.05, 0) is 25.2 Å². The second kappa shape index (κ2) is 6.51. The number of nitrogen functional groups attached to an aromatic ring is 1. The summed E-state index contributed by atoms with van der Waals surface area (Å²) in [6.07, 6.45) is 3.09. The third-order valence-corrected chi connectivity index (χ3v) is 3.26. The van der Waals surface area contributed by atoms with E-state index in [9.17, 15) is 0 Å². The Labute approximate surface area is 113 Å². The van der Waals surface area contributed by atoms with Crippen LogP contribution in [0.2, 0.25) is 0 Å². The molecule has 0 aliphatic carbocycles. The lowest BCUT2D eigenvalue weighted by molar-refractivity contribution is 0.265. The molecule has 1 aliphatic rings. The van der Waals surface area contributed by atoms with Crippen molar-refractivity contribution in [2.75, 3.05) is 42.2 Å². The van der Waals surface area contributed by atoms with Crippen LogP contribution in [-0.2, 0) is 0 Å². The number of anilines is 3. The third kappa shape index (κ3) is 3.92. The van der Waals surface area contributed by atoms with Crippen LogP contribution in [0.25, 0.3) is 0 Å². The minimum Gasteiger partial charge on any atom is -0.396 e. The van der Waals surface area contributed by atoms with Crippen molar-refractivity contribution >= 4 is 17.8 Å². The Kier molecular flexibility index (Phi) is 4.73. The highest BCUT2D eigenvalue weighted by molar-refractivity contribution is 5.42. The zero-order valence-electron chi connectivity index (χ0n) is 11.3. The van der Waals surface area contributed by atoms with Crippen molar-refractivity contribution < 1.29 is 5.11 Å². The fraction of sp³-hybridized carbons (Fsp3) is 0.750. The highest BCUT2D eigenvalue weighted by Gasteiger charge is 2.16. The number of aliphatic hydroxyl groups is 1. The van der Waals surface area contributed by atoms with Gasteiger partial charge in [0.25, 0.3) is 0 Å². The fourth-order valence-corrected chi connectivity index (χ4v) is 2.11. The molecule has 1 aromatic rings. The lowest BCUT2D eigenvalue weighted by atomic mass is 10.1. The summed E-state index contributed by atoms with van der Waals surface area (Å²) in [6.45, 7) is 4.92. The molecular weight excluding hydrogens is 244 g/mol. The number of nitrogens with zero attached hydrogens (tertiary/aromatic N) is 4. The van der Waals surface area contributed by atoms with Gasteiger partial charge in [0.2, 0.25) is 17.8 Å². The molecule has 106 valence electrons. The summed E-state index contributed by atoms with van der Waals surface area (Å²) in [5.74, 6) is 1.77. The summed E-state index contributed by atoms with van der Waals surface area (Å²) in [4.78, 5) is 14.8. The molecule has 4 N–H and O–H groups in total. The van der Waals surface area contributed by atoms with Gasteiger partial charge in [-0.2, -0.15) is 15.0 Å². The van der Waals surface area contributed by atoms with Crippen molar-refractivity contribution in [1.82, 2.24) is 15.0 Å². The predicted octanol–water partition coefficient (Wildman–Crippen LogP) is 0.484. The van der Waals surface area contributed by atoms with E-state index < -0.39 is 0 Å². The highest BCUT2D eigenvalue weighted by Crippen LogP contribution is 2.17. The Morgan fingerprint density at radius 3 is 2.74 bits per heavy atom. The predicted molar refractivity (Wildman–Crippen MR) is 75.0 cm³/mol. The second-order valence-corrected chi connectivity index (χ2v) is 5.01. The number of rotatable bonds is 6. The van der Waals surface area contributed by atoms with Crippen LogP contribution in [0.5, 0.6) is 0 Å². The largest absolute Gasteiger partial charge is 0.396 e. The minimum atomic E-state index is 0.196. The number of nitrogens with one attached hydrogen (secondary N) is 1. The molecular formula is C12H22N6O. The number of aliphatic hydroxyl groups excluding tert-OH is 1.